The molecule has 1 aromatic heterocycles. The number of aryl methyl sites for hydroxylation is 2. The van der Waals surface area contributed by atoms with Gasteiger partial charge >= 0.3 is 0 Å². The number of halogens is 1. The number of carbonyl (C=O) groups is 1. The smallest absolute Gasteiger partial charge is 0.171 e. The van der Waals surface area contributed by atoms with E-state index in [1.54, 1.807) is 24.7 Å². The number of hydrogen-bond donors (Lipinski definition) is 0. The Kier molecular flexibility index (Phi) is 3.14. The molecule has 0 fully saturated rings. The molecule has 0 spiro atoms. The highest BCUT2D eigenvalue weighted by atomic mass is 19.1. The van der Waals surface area contributed by atoms with E-state index in [2.05, 4.69) is 5.10 Å². The first-order valence-corrected chi connectivity index (χ1v) is 5.46. The predicted octanol–water partition coefficient (Wildman–Crippen LogP) is 2.78. The Balaban J connectivity index is 2.46. The Labute approximate surface area is 104 Å². The Morgan fingerprint density at radius 1 is 1.39 bits per heavy atom. The number of aromatic nitrogens is 2. The molecule has 4 nitrogen and oxygen atoms in total. The lowest BCUT2D eigenvalue weighted by Crippen LogP contribution is -1.96. The molecule has 0 aliphatic heterocycles. The highest BCUT2D eigenvalue weighted by Crippen LogP contribution is 2.30. The van der Waals surface area contributed by atoms with Gasteiger partial charge in [-0.05, 0) is 26.0 Å². The SMILES string of the molecule is Cc1nn(C)c(C)c1Oc1cccc(F)c1C=O. The van der Waals surface area contributed by atoms with Gasteiger partial charge in [0.05, 0.1) is 11.3 Å². The first-order valence-electron chi connectivity index (χ1n) is 5.46. The lowest BCUT2D eigenvalue weighted by molar-refractivity contribution is 0.111. The van der Waals surface area contributed by atoms with Gasteiger partial charge in [-0.1, -0.05) is 6.07 Å². The number of aldehydes is 1. The van der Waals surface area contributed by atoms with Gasteiger partial charge in [0.1, 0.15) is 17.3 Å². The van der Waals surface area contributed by atoms with Gasteiger partial charge in [-0.15, -0.1) is 0 Å². The highest BCUT2D eigenvalue weighted by Gasteiger charge is 2.15. The van der Waals surface area contributed by atoms with Crippen molar-refractivity contribution in [3.63, 3.8) is 0 Å². The van der Waals surface area contributed by atoms with Crippen molar-refractivity contribution in [1.82, 2.24) is 9.78 Å². The number of ether oxygens (including phenoxy) is 1. The van der Waals surface area contributed by atoms with E-state index < -0.39 is 5.82 Å². The van der Waals surface area contributed by atoms with Crippen LogP contribution in [-0.2, 0) is 7.05 Å². The summed E-state index contributed by atoms with van der Waals surface area (Å²) < 4.78 is 20.7. The summed E-state index contributed by atoms with van der Waals surface area (Å²) in [5.41, 5.74) is 1.42. The summed E-state index contributed by atoms with van der Waals surface area (Å²) in [6.45, 7) is 3.64. The lowest BCUT2D eigenvalue weighted by atomic mass is 10.2. The zero-order valence-electron chi connectivity index (χ0n) is 10.4. The quantitative estimate of drug-likeness (QED) is 0.784. The van der Waals surface area contributed by atoms with Crippen LogP contribution >= 0.6 is 0 Å². The van der Waals surface area contributed by atoms with Crippen molar-refractivity contribution in [1.29, 1.82) is 0 Å². The maximum Gasteiger partial charge on any atom is 0.171 e. The Morgan fingerprint density at radius 2 is 2.11 bits per heavy atom. The van der Waals surface area contributed by atoms with Crippen LogP contribution < -0.4 is 4.74 Å². The van der Waals surface area contributed by atoms with E-state index in [4.69, 9.17) is 4.74 Å². The average molecular weight is 248 g/mol. The van der Waals surface area contributed by atoms with Gasteiger partial charge in [0, 0.05) is 7.05 Å². The molecule has 0 saturated carbocycles. The largest absolute Gasteiger partial charge is 0.453 e. The maximum atomic E-state index is 13.4. The first-order chi connectivity index (χ1) is 8.54. The molecule has 0 radical (unpaired) electrons. The van der Waals surface area contributed by atoms with Crippen LogP contribution in [0.15, 0.2) is 18.2 Å². The topological polar surface area (TPSA) is 44.1 Å². The summed E-state index contributed by atoms with van der Waals surface area (Å²) in [4.78, 5) is 10.9. The molecule has 1 aromatic carbocycles. The van der Waals surface area contributed by atoms with E-state index in [0.717, 1.165) is 5.69 Å². The van der Waals surface area contributed by atoms with Crippen LogP contribution in [0.2, 0.25) is 0 Å². The van der Waals surface area contributed by atoms with Gasteiger partial charge in [-0.2, -0.15) is 5.10 Å². The summed E-state index contributed by atoms with van der Waals surface area (Å²) in [5.74, 6) is 0.150. The van der Waals surface area contributed by atoms with Crippen molar-refractivity contribution in [2.75, 3.05) is 0 Å². The molecule has 2 rings (SSSR count). The van der Waals surface area contributed by atoms with E-state index >= 15 is 0 Å². The summed E-state index contributed by atoms with van der Waals surface area (Å²) in [7, 11) is 1.79. The molecule has 18 heavy (non-hydrogen) atoms. The fraction of sp³-hybridized carbons (Fsp3) is 0.231. The number of carbonyl (C=O) groups excluding carboxylic acids is 1. The van der Waals surface area contributed by atoms with E-state index in [1.165, 1.54) is 12.1 Å². The predicted molar refractivity (Wildman–Crippen MR) is 64.5 cm³/mol. The maximum absolute atomic E-state index is 13.4. The van der Waals surface area contributed by atoms with Crippen molar-refractivity contribution in [2.45, 2.75) is 13.8 Å². The molecule has 0 bridgehead atoms. The van der Waals surface area contributed by atoms with Crippen LogP contribution in [0.5, 0.6) is 11.5 Å². The molecule has 0 unspecified atom stereocenters. The zero-order valence-corrected chi connectivity index (χ0v) is 10.4. The van der Waals surface area contributed by atoms with Crippen LogP contribution in [0.1, 0.15) is 21.7 Å². The Morgan fingerprint density at radius 3 is 2.67 bits per heavy atom. The van der Waals surface area contributed by atoms with E-state index in [1.807, 2.05) is 6.92 Å². The molecule has 0 saturated heterocycles. The fourth-order valence-electron chi connectivity index (χ4n) is 1.73. The van der Waals surface area contributed by atoms with Gasteiger partial charge in [0.15, 0.2) is 12.0 Å². The van der Waals surface area contributed by atoms with E-state index in [-0.39, 0.29) is 11.3 Å². The normalized spacial score (nSPS) is 10.4. The molecular formula is C13H13FN2O2. The third-order valence-corrected chi connectivity index (χ3v) is 2.79. The summed E-state index contributed by atoms with van der Waals surface area (Å²) in [5, 5.41) is 4.19. The molecule has 0 aliphatic rings. The molecule has 0 aliphatic carbocycles. The standard InChI is InChI=1S/C13H13FN2O2/c1-8-13(9(2)16(3)15-8)18-12-6-4-5-11(14)10(12)7-17/h4-7H,1-3H3. The second kappa shape index (κ2) is 4.60. The zero-order chi connectivity index (χ0) is 13.3. The minimum atomic E-state index is -0.596. The number of rotatable bonds is 3. The number of benzene rings is 1. The molecule has 0 amide bonds. The Bertz CT molecular complexity index is 605. The Hall–Kier alpha value is -2.17. The lowest BCUT2D eigenvalue weighted by Gasteiger charge is -2.08. The van der Waals surface area contributed by atoms with Gasteiger partial charge in [-0.25, -0.2) is 4.39 Å². The summed E-state index contributed by atoms with van der Waals surface area (Å²) in [6.07, 6.45) is 0.450. The van der Waals surface area contributed by atoms with Crippen molar-refractivity contribution in [3.05, 3.63) is 41.0 Å². The van der Waals surface area contributed by atoms with Crippen molar-refractivity contribution < 1.29 is 13.9 Å². The van der Waals surface area contributed by atoms with Crippen LogP contribution in [0.25, 0.3) is 0 Å². The minimum Gasteiger partial charge on any atom is -0.453 e. The van der Waals surface area contributed by atoms with Crippen molar-refractivity contribution in [3.8, 4) is 11.5 Å². The second-order valence-corrected chi connectivity index (χ2v) is 4.00. The molecule has 2 aromatic rings. The van der Waals surface area contributed by atoms with Crippen LogP contribution in [0.4, 0.5) is 4.39 Å². The first kappa shape index (κ1) is 12.3. The molecule has 0 N–H and O–H groups in total. The third-order valence-electron chi connectivity index (χ3n) is 2.79. The molecule has 0 atom stereocenters. The second-order valence-electron chi connectivity index (χ2n) is 4.00. The minimum absolute atomic E-state index is 0.0832. The summed E-state index contributed by atoms with van der Waals surface area (Å²) >= 11 is 0. The van der Waals surface area contributed by atoms with Crippen molar-refractivity contribution in [2.24, 2.45) is 7.05 Å². The number of hydrogen-bond acceptors (Lipinski definition) is 3. The van der Waals surface area contributed by atoms with E-state index in [9.17, 15) is 9.18 Å². The summed E-state index contributed by atoms with van der Waals surface area (Å²) in [6, 6.07) is 4.27. The molecule has 5 heteroatoms. The molecular weight excluding hydrogens is 235 g/mol. The van der Waals surface area contributed by atoms with Crippen LogP contribution in [0, 0.1) is 19.7 Å². The average Bonchev–Trinajstić information content (AvgIpc) is 2.56. The van der Waals surface area contributed by atoms with Crippen LogP contribution in [-0.4, -0.2) is 16.1 Å². The van der Waals surface area contributed by atoms with Gasteiger partial charge < -0.3 is 4.74 Å². The van der Waals surface area contributed by atoms with Crippen LogP contribution in [0.3, 0.4) is 0 Å². The van der Waals surface area contributed by atoms with Gasteiger partial charge in [0.2, 0.25) is 0 Å². The molecule has 1 heterocycles. The fourth-order valence-corrected chi connectivity index (χ4v) is 1.73. The third kappa shape index (κ3) is 1.99. The van der Waals surface area contributed by atoms with Gasteiger partial charge in [-0.3, -0.25) is 9.48 Å². The highest BCUT2D eigenvalue weighted by molar-refractivity contribution is 5.79. The van der Waals surface area contributed by atoms with Gasteiger partial charge in [0.25, 0.3) is 0 Å². The molecule has 94 valence electrons. The van der Waals surface area contributed by atoms with E-state index in [0.29, 0.717) is 17.7 Å². The van der Waals surface area contributed by atoms with Crippen molar-refractivity contribution >= 4 is 6.29 Å². The monoisotopic (exact) mass is 248 g/mol. The number of nitrogens with zero attached hydrogens (tertiary/aromatic N) is 2.